The van der Waals surface area contributed by atoms with Gasteiger partial charge in [0.25, 0.3) is 5.69 Å². The highest BCUT2D eigenvalue weighted by Crippen LogP contribution is 2.17. The van der Waals surface area contributed by atoms with Crippen molar-refractivity contribution in [2.45, 2.75) is 18.9 Å². The molecule has 0 saturated heterocycles. The fourth-order valence-corrected chi connectivity index (χ4v) is 2.72. The van der Waals surface area contributed by atoms with Crippen molar-refractivity contribution in [3.63, 3.8) is 0 Å². The number of benzene rings is 2. The molecular weight excluding hydrogens is 322 g/mol. The fraction of sp³-hybridized carbons (Fsp3) is 0.167. The molecular formula is C18H17N3O4. The molecule has 0 saturated carbocycles. The van der Waals surface area contributed by atoms with Gasteiger partial charge in [-0.05, 0) is 36.3 Å². The minimum absolute atomic E-state index is 0.0996. The van der Waals surface area contributed by atoms with E-state index in [1.807, 2.05) is 18.2 Å². The second-order valence-electron chi connectivity index (χ2n) is 5.71. The molecule has 7 nitrogen and oxygen atoms in total. The molecule has 0 radical (unpaired) electrons. The molecule has 0 aromatic heterocycles. The minimum atomic E-state index is -0.569. The normalized spacial score (nSPS) is 15.8. The van der Waals surface area contributed by atoms with E-state index in [-0.39, 0.29) is 5.69 Å². The largest absolute Gasteiger partial charge is 0.389 e. The van der Waals surface area contributed by atoms with Crippen molar-refractivity contribution in [2.75, 3.05) is 10.6 Å². The Hall–Kier alpha value is -3.19. The number of amides is 2. The number of nitro groups is 1. The van der Waals surface area contributed by atoms with Gasteiger partial charge < -0.3 is 15.7 Å². The summed E-state index contributed by atoms with van der Waals surface area (Å²) < 4.78 is 0. The average Bonchev–Trinajstić information content (AvgIpc) is 2.76. The van der Waals surface area contributed by atoms with Crippen molar-refractivity contribution >= 4 is 35.2 Å². The molecule has 3 rings (SSSR count). The summed E-state index contributed by atoms with van der Waals surface area (Å²) in [4.78, 5) is 22.5. The van der Waals surface area contributed by atoms with Crippen molar-refractivity contribution in [1.29, 1.82) is 0 Å². The van der Waals surface area contributed by atoms with Gasteiger partial charge in [-0.25, -0.2) is 4.79 Å². The summed E-state index contributed by atoms with van der Waals surface area (Å²) in [7, 11) is 0. The van der Waals surface area contributed by atoms with Crippen molar-refractivity contribution < 1.29 is 14.8 Å². The Kier molecular flexibility index (Phi) is 4.76. The van der Waals surface area contributed by atoms with Crippen LogP contribution in [-0.4, -0.2) is 22.2 Å². The molecule has 1 unspecified atom stereocenters. The lowest BCUT2D eigenvalue weighted by Gasteiger charge is -2.09. The lowest BCUT2D eigenvalue weighted by molar-refractivity contribution is -0.384. The monoisotopic (exact) mass is 339 g/mol. The van der Waals surface area contributed by atoms with Gasteiger partial charge in [0.05, 0.1) is 11.0 Å². The number of nitrogens with one attached hydrogen (secondary N) is 2. The van der Waals surface area contributed by atoms with Crippen LogP contribution in [0.25, 0.3) is 12.2 Å². The van der Waals surface area contributed by atoms with E-state index in [2.05, 4.69) is 10.6 Å². The standard InChI is InChI=1S/C18H17N3O4/c22-15-8-1-4-12-5-2-9-17(16(12)11-15)20-18(23)19-13-6-3-7-14(10-13)21(24)25/h2-7,9-11,15,22H,1,8H2,(H2,19,20,23). The van der Waals surface area contributed by atoms with Crippen molar-refractivity contribution in [3.8, 4) is 0 Å². The maximum Gasteiger partial charge on any atom is 0.323 e. The third-order valence-electron chi connectivity index (χ3n) is 3.89. The Morgan fingerprint density at radius 2 is 2.00 bits per heavy atom. The molecule has 2 amide bonds. The third kappa shape index (κ3) is 4.02. The molecule has 7 heteroatoms. The Morgan fingerprint density at radius 1 is 1.20 bits per heavy atom. The summed E-state index contributed by atoms with van der Waals surface area (Å²) in [6, 6.07) is 10.7. The van der Waals surface area contributed by atoms with Gasteiger partial charge in [-0.3, -0.25) is 10.1 Å². The molecule has 2 aromatic carbocycles. The van der Waals surface area contributed by atoms with E-state index in [9.17, 15) is 20.0 Å². The fourth-order valence-electron chi connectivity index (χ4n) is 2.72. The van der Waals surface area contributed by atoms with E-state index in [1.165, 1.54) is 18.2 Å². The Balaban J connectivity index is 1.83. The Morgan fingerprint density at radius 3 is 2.80 bits per heavy atom. The van der Waals surface area contributed by atoms with Gasteiger partial charge in [-0.2, -0.15) is 0 Å². The van der Waals surface area contributed by atoms with Crippen LogP contribution in [0.3, 0.4) is 0 Å². The molecule has 2 aromatic rings. The van der Waals surface area contributed by atoms with Gasteiger partial charge in [0, 0.05) is 28.7 Å². The van der Waals surface area contributed by atoms with Crippen LogP contribution < -0.4 is 21.1 Å². The highest BCUT2D eigenvalue weighted by atomic mass is 16.6. The first kappa shape index (κ1) is 16.7. The molecule has 0 heterocycles. The van der Waals surface area contributed by atoms with Crippen LogP contribution >= 0.6 is 0 Å². The number of anilines is 2. The number of carbonyl (C=O) groups is 1. The molecule has 3 N–H and O–H groups in total. The molecule has 0 aliphatic heterocycles. The van der Waals surface area contributed by atoms with Crippen molar-refractivity contribution in [3.05, 3.63) is 63.0 Å². The van der Waals surface area contributed by atoms with Crippen LogP contribution in [-0.2, 0) is 0 Å². The molecule has 0 bridgehead atoms. The molecule has 0 fully saturated rings. The SMILES string of the molecule is O=C(Nc1cccc([N+](=O)[O-])c1)Nc1cccc2c1=CC(O)CCC=2. The number of fused-ring (bicyclic) bond motifs is 1. The molecule has 1 atom stereocenters. The Labute approximate surface area is 143 Å². The van der Waals surface area contributed by atoms with Gasteiger partial charge in [-0.15, -0.1) is 0 Å². The predicted molar refractivity (Wildman–Crippen MR) is 95.6 cm³/mol. The number of carbonyl (C=O) groups excluding carboxylic acids is 1. The van der Waals surface area contributed by atoms with Crippen molar-refractivity contribution in [1.82, 2.24) is 0 Å². The number of aliphatic hydroxyl groups is 1. The smallest absolute Gasteiger partial charge is 0.323 e. The lowest BCUT2D eigenvalue weighted by Crippen LogP contribution is -2.31. The summed E-state index contributed by atoms with van der Waals surface area (Å²) >= 11 is 0. The number of hydrogen-bond acceptors (Lipinski definition) is 4. The minimum Gasteiger partial charge on any atom is -0.389 e. The van der Waals surface area contributed by atoms with E-state index < -0.39 is 17.1 Å². The van der Waals surface area contributed by atoms with Gasteiger partial charge >= 0.3 is 6.03 Å². The maximum absolute atomic E-state index is 12.2. The van der Waals surface area contributed by atoms with Gasteiger partial charge in [0.2, 0.25) is 0 Å². The zero-order valence-electron chi connectivity index (χ0n) is 13.3. The second-order valence-corrected chi connectivity index (χ2v) is 5.71. The number of non-ortho nitro benzene ring substituents is 1. The van der Waals surface area contributed by atoms with Crippen LogP contribution in [0, 0.1) is 10.1 Å². The average molecular weight is 339 g/mol. The number of rotatable bonds is 3. The first-order valence-corrected chi connectivity index (χ1v) is 7.84. The molecule has 0 spiro atoms. The quantitative estimate of drug-likeness (QED) is 0.587. The van der Waals surface area contributed by atoms with E-state index in [0.717, 1.165) is 16.9 Å². The zero-order chi connectivity index (χ0) is 17.8. The summed E-state index contributed by atoms with van der Waals surface area (Å²) in [5, 5.41) is 27.8. The van der Waals surface area contributed by atoms with Crippen molar-refractivity contribution in [2.24, 2.45) is 0 Å². The zero-order valence-corrected chi connectivity index (χ0v) is 13.3. The number of urea groups is 1. The summed E-state index contributed by atoms with van der Waals surface area (Å²) in [5.74, 6) is 0. The van der Waals surface area contributed by atoms with Crippen LogP contribution in [0.4, 0.5) is 21.9 Å². The molecule has 1 aliphatic carbocycles. The molecule has 25 heavy (non-hydrogen) atoms. The lowest BCUT2D eigenvalue weighted by atomic mass is 10.2. The molecule has 128 valence electrons. The topological polar surface area (TPSA) is 104 Å². The Bertz CT molecular complexity index is 940. The summed E-state index contributed by atoms with van der Waals surface area (Å²) in [5.41, 5.74) is 0.791. The number of aliphatic hydroxyl groups excluding tert-OH is 1. The number of nitro benzene ring substituents is 1. The highest BCUT2D eigenvalue weighted by Gasteiger charge is 2.10. The van der Waals surface area contributed by atoms with E-state index >= 15 is 0 Å². The first-order chi connectivity index (χ1) is 12.0. The van der Waals surface area contributed by atoms with Crippen LogP contribution in [0.1, 0.15) is 12.8 Å². The van der Waals surface area contributed by atoms with Gasteiger partial charge in [-0.1, -0.05) is 24.3 Å². The first-order valence-electron chi connectivity index (χ1n) is 7.84. The van der Waals surface area contributed by atoms with Crippen LogP contribution in [0.15, 0.2) is 42.5 Å². The van der Waals surface area contributed by atoms with Crippen LogP contribution in [0.5, 0.6) is 0 Å². The number of hydrogen-bond donors (Lipinski definition) is 3. The van der Waals surface area contributed by atoms with E-state index in [0.29, 0.717) is 17.8 Å². The third-order valence-corrected chi connectivity index (χ3v) is 3.89. The number of nitrogens with zero attached hydrogens (tertiary/aromatic N) is 1. The summed E-state index contributed by atoms with van der Waals surface area (Å²) in [6.07, 6.45) is 4.57. The van der Waals surface area contributed by atoms with Gasteiger partial charge in [0.15, 0.2) is 0 Å². The maximum atomic E-state index is 12.2. The second kappa shape index (κ2) is 7.14. The van der Waals surface area contributed by atoms with Crippen LogP contribution in [0.2, 0.25) is 0 Å². The van der Waals surface area contributed by atoms with E-state index in [4.69, 9.17) is 0 Å². The van der Waals surface area contributed by atoms with Gasteiger partial charge in [0.1, 0.15) is 0 Å². The molecule has 1 aliphatic rings. The van der Waals surface area contributed by atoms with E-state index in [1.54, 1.807) is 18.2 Å². The summed E-state index contributed by atoms with van der Waals surface area (Å²) in [6.45, 7) is 0. The highest BCUT2D eigenvalue weighted by molar-refractivity contribution is 6.00. The predicted octanol–water partition coefficient (Wildman–Crippen LogP) is 1.95.